The Labute approximate surface area is 181 Å². The molecule has 2 aliphatic heterocycles. The molecule has 2 atom stereocenters. The van der Waals surface area contributed by atoms with E-state index in [0.717, 1.165) is 30.3 Å². The predicted octanol–water partition coefficient (Wildman–Crippen LogP) is 2.84. The summed E-state index contributed by atoms with van der Waals surface area (Å²) in [5.74, 6) is 0.714. The van der Waals surface area contributed by atoms with Crippen LogP contribution in [0.4, 0.5) is 15.9 Å². The number of aryl methyl sites for hydroxylation is 1. The van der Waals surface area contributed by atoms with Crippen LogP contribution in [-0.2, 0) is 0 Å². The molecule has 2 fully saturated rings. The first-order valence-electron chi connectivity index (χ1n) is 10.3. The standard InChI is InChI=1S/C21H20FN7OS/c1-11-7-29-9-13(6-14(22)18(29)24-11)25-19(30)21-26-15-2-3-17(27-20(15)31-21)28-8-12-4-5-23-16(12)10-28/h2-3,6-7,9,12,16,23H,4-5,8,10H2,1H3,(H,25,30)/t12-,16+/m1/s1. The number of thiazole rings is 1. The number of amides is 1. The molecule has 158 valence electrons. The average molecular weight is 438 g/mol. The van der Waals surface area contributed by atoms with Crippen molar-refractivity contribution >= 4 is 44.7 Å². The summed E-state index contributed by atoms with van der Waals surface area (Å²) >= 11 is 1.24. The topological polar surface area (TPSA) is 87.5 Å². The Morgan fingerprint density at radius 1 is 1.26 bits per heavy atom. The Kier molecular flexibility index (Phi) is 4.19. The van der Waals surface area contributed by atoms with Gasteiger partial charge in [-0.1, -0.05) is 11.3 Å². The highest BCUT2D eigenvalue weighted by molar-refractivity contribution is 7.20. The van der Waals surface area contributed by atoms with E-state index in [1.165, 1.54) is 23.8 Å². The van der Waals surface area contributed by atoms with Crippen LogP contribution in [0.5, 0.6) is 0 Å². The number of hydrogen-bond acceptors (Lipinski definition) is 7. The van der Waals surface area contributed by atoms with Gasteiger partial charge in [0.05, 0.1) is 11.4 Å². The van der Waals surface area contributed by atoms with Crippen molar-refractivity contribution in [2.24, 2.45) is 5.92 Å². The van der Waals surface area contributed by atoms with Crippen LogP contribution in [0.15, 0.2) is 30.6 Å². The molecule has 8 nitrogen and oxygen atoms in total. The second-order valence-electron chi connectivity index (χ2n) is 8.17. The lowest BCUT2D eigenvalue weighted by molar-refractivity contribution is 0.102. The van der Waals surface area contributed by atoms with Crippen molar-refractivity contribution in [2.45, 2.75) is 19.4 Å². The van der Waals surface area contributed by atoms with Crippen LogP contribution in [0.3, 0.4) is 0 Å². The maximum Gasteiger partial charge on any atom is 0.284 e. The summed E-state index contributed by atoms with van der Waals surface area (Å²) in [6.45, 7) is 4.85. The minimum absolute atomic E-state index is 0.230. The summed E-state index contributed by atoms with van der Waals surface area (Å²) in [5.41, 5.74) is 1.96. The number of nitrogens with zero attached hydrogens (tertiary/aromatic N) is 5. The Hall–Kier alpha value is -3.11. The maximum atomic E-state index is 14.3. The van der Waals surface area contributed by atoms with Crippen LogP contribution < -0.4 is 15.5 Å². The van der Waals surface area contributed by atoms with Crippen molar-refractivity contribution in [3.63, 3.8) is 0 Å². The molecule has 0 aliphatic carbocycles. The highest BCUT2D eigenvalue weighted by Crippen LogP contribution is 2.30. The lowest BCUT2D eigenvalue weighted by atomic mass is 10.1. The first kappa shape index (κ1) is 18.6. The van der Waals surface area contributed by atoms with Gasteiger partial charge in [-0.05, 0) is 37.9 Å². The molecule has 0 spiro atoms. The van der Waals surface area contributed by atoms with Gasteiger partial charge >= 0.3 is 0 Å². The number of pyridine rings is 2. The summed E-state index contributed by atoms with van der Waals surface area (Å²) in [4.78, 5) is 29.1. The zero-order valence-electron chi connectivity index (χ0n) is 16.8. The molecule has 2 N–H and O–H groups in total. The van der Waals surface area contributed by atoms with Crippen LogP contribution in [0, 0.1) is 18.7 Å². The van der Waals surface area contributed by atoms with Gasteiger partial charge in [-0.15, -0.1) is 0 Å². The summed E-state index contributed by atoms with van der Waals surface area (Å²) in [5, 5.41) is 6.57. The van der Waals surface area contributed by atoms with Crippen LogP contribution in [0.2, 0.25) is 0 Å². The fourth-order valence-corrected chi connectivity index (χ4v) is 5.38. The predicted molar refractivity (Wildman–Crippen MR) is 117 cm³/mol. The van der Waals surface area contributed by atoms with Gasteiger partial charge in [0.15, 0.2) is 16.5 Å². The number of hydrogen-bond donors (Lipinski definition) is 2. The van der Waals surface area contributed by atoms with Crippen molar-refractivity contribution in [3.8, 4) is 0 Å². The van der Waals surface area contributed by atoms with E-state index in [-0.39, 0.29) is 11.6 Å². The van der Waals surface area contributed by atoms with E-state index in [1.807, 2.05) is 12.1 Å². The molecule has 2 aliphatic rings. The van der Waals surface area contributed by atoms with Gasteiger partial charge in [0.25, 0.3) is 5.91 Å². The number of fused-ring (bicyclic) bond motifs is 3. The van der Waals surface area contributed by atoms with Gasteiger partial charge in [0, 0.05) is 37.6 Å². The van der Waals surface area contributed by atoms with Gasteiger partial charge in [-0.2, -0.15) is 0 Å². The van der Waals surface area contributed by atoms with Crippen molar-refractivity contribution in [1.82, 2.24) is 24.7 Å². The average Bonchev–Trinajstić information content (AvgIpc) is 3.48. The third-order valence-electron chi connectivity index (χ3n) is 6.01. The Balaban J connectivity index is 1.24. The molecule has 0 bridgehead atoms. The van der Waals surface area contributed by atoms with E-state index in [1.54, 1.807) is 23.7 Å². The summed E-state index contributed by atoms with van der Waals surface area (Å²) in [7, 11) is 0. The van der Waals surface area contributed by atoms with Crippen molar-refractivity contribution in [1.29, 1.82) is 0 Å². The zero-order valence-corrected chi connectivity index (χ0v) is 17.6. The maximum absolute atomic E-state index is 14.3. The van der Waals surface area contributed by atoms with Crippen molar-refractivity contribution < 1.29 is 9.18 Å². The van der Waals surface area contributed by atoms with Crippen LogP contribution in [-0.4, -0.2) is 50.9 Å². The van der Waals surface area contributed by atoms with E-state index >= 15 is 0 Å². The minimum atomic E-state index is -0.494. The molecular weight excluding hydrogens is 417 g/mol. The summed E-state index contributed by atoms with van der Waals surface area (Å²) in [6.07, 6.45) is 4.55. The highest BCUT2D eigenvalue weighted by Gasteiger charge is 2.36. The van der Waals surface area contributed by atoms with Crippen molar-refractivity contribution in [2.75, 3.05) is 29.9 Å². The zero-order chi connectivity index (χ0) is 21.1. The molecule has 6 rings (SSSR count). The number of imidazole rings is 1. The molecule has 4 aromatic rings. The molecule has 0 unspecified atom stereocenters. The Bertz CT molecular complexity index is 1320. The molecule has 1 amide bonds. The molecule has 0 saturated carbocycles. The molecule has 6 heterocycles. The third kappa shape index (κ3) is 3.22. The van der Waals surface area contributed by atoms with E-state index in [9.17, 15) is 9.18 Å². The molecule has 2 saturated heterocycles. The van der Waals surface area contributed by atoms with Gasteiger partial charge in [-0.25, -0.2) is 19.3 Å². The quantitative estimate of drug-likeness (QED) is 0.513. The normalized spacial score (nSPS) is 20.6. The molecule has 0 aromatic carbocycles. The van der Waals surface area contributed by atoms with E-state index in [2.05, 4.69) is 25.5 Å². The number of anilines is 2. The highest BCUT2D eigenvalue weighted by atomic mass is 32.1. The van der Waals surface area contributed by atoms with Gasteiger partial charge < -0.3 is 19.9 Å². The fourth-order valence-electron chi connectivity index (χ4n) is 4.55. The molecule has 10 heteroatoms. The lowest BCUT2D eigenvalue weighted by Gasteiger charge is -2.18. The first-order chi connectivity index (χ1) is 15.0. The van der Waals surface area contributed by atoms with Crippen LogP contribution in [0.1, 0.15) is 21.9 Å². The smallest absolute Gasteiger partial charge is 0.284 e. The Morgan fingerprint density at radius 2 is 2.16 bits per heavy atom. The number of rotatable bonds is 3. The molecule has 4 aromatic heterocycles. The molecular formula is C21H20FN7OS. The second kappa shape index (κ2) is 6.96. The second-order valence-corrected chi connectivity index (χ2v) is 9.15. The summed E-state index contributed by atoms with van der Waals surface area (Å²) in [6, 6.07) is 5.68. The van der Waals surface area contributed by atoms with E-state index in [0.29, 0.717) is 33.9 Å². The van der Waals surface area contributed by atoms with Gasteiger partial charge in [-0.3, -0.25) is 4.79 Å². The van der Waals surface area contributed by atoms with E-state index in [4.69, 9.17) is 4.98 Å². The minimum Gasteiger partial charge on any atom is -0.355 e. The van der Waals surface area contributed by atoms with E-state index < -0.39 is 5.82 Å². The van der Waals surface area contributed by atoms with Crippen LogP contribution in [0.25, 0.3) is 16.0 Å². The number of aromatic nitrogens is 4. The monoisotopic (exact) mass is 437 g/mol. The molecule has 31 heavy (non-hydrogen) atoms. The van der Waals surface area contributed by atoms with Crippen LogP contribution >= 0.6 is 11.3 Å². The lowest BCUT2D eigenvalue weighted by Crippen LogP contribution is -2.30. The third-order valence-corrected chi connectivity index (χ3v) is 6.97. The van der Waals surface area contributed by atoms with Gasteiger partial charge in [0.1, 0.15) is 16.2 Å². The van der Waals surface area contributed by atoms with Gasteiger partial charge in [0.2, 0.25) is 0 Å². The number of carbonyl (C=O) groups is 1. The SMILES string of the molecule is Cc1cn2cc(NC(=O)c3nc4ccc(N5C[C@H]6CCN[C@H]6C5)nc4s3)cc(F)c2n1. The molecule has 0 radical (unpaired) electrons. The summed E-state index contributed by atoms with van der Waals surface area (Å²) < 4.78 is 15.9. The van der Waals surface area contributed by atoms with Crippen molar-refractivity contribution in [3.05, 3.63) is 47.1 Å². The Morgan fingerprint density at radius 3 is 3.03 bits per heavy atom. The fraction of sp³-hybridized carbons (Fsp3) is 0.333. The number of nitrogens with one attached hydrogen (secondary N) is 2. The number of halogens is 1. The number of carbonyl (C=O) groups excluding carboxylic acids is 1. The first-order valence-corrected chi connectivity index (χ1v) is 11.1. The largest absolute Gasteiger partial charge is 0.355 e.